The number of esters is 1. The van der Waals surface area contributed by atoms with Crippen LogP contribution < -0.4 is 9.47 Å². The van der Waals surface area contributed by atoms with Crippen LogP contribution in [0.4, 0.5) is 0 Å². The lowest BCUT2D eigenvalue weighted by atomic mass is 9.88. The van der Waals surface area contributed by atoms with Crippen LogP contribution >= 0.6 is 0 Å². The molecular formula is C28H24O7. The van der Waals surface area contributed by atoms with Gasteiger partial charge < -0.3 is 23.7 Å². The molecule has 0 amide bonds. The first-order valence-electron chi connectivity index (χ1n) is 11.3. The minimum absolute atomic E-state index is 0.252. The maximum absolute atomic E-state index is 13.4. The summed E-state index contributed by atoms with van der Waals surface area (Å²) in [6.45, 7) is 0.346. The van der Waals surface area contributed by atoms with Crippen molar-refractivity contribution in [3.8, 4) is 11.5 Å². The number of Topliss-reactive ketones (excluding diaryl/α,β-unsaturated/α-hetero) is 1. The molecule has 0 bridgehead atoms. The molecule has 0 saturated carbocycles. The summed E-state index contributed by atoms with van der Waals surface area (Å²) < 4.78 is 28.4. The minimum atomic E-state index is -1.23. The molecule has 35 heavy (non-hydrogen) atoms. The van der Waals surface area contributed by atoms with E-state index in [1.54, 1.807) is 18.2 Å². The highest BCUT2D eigenvalue weighted by Crippen LogP contribution is 2.38. The number of hydrogen-bond donors (Lipinski definition) is 0. The summed E-state index contributed by atoms with van der Waals surface area (Å²) in [5, 5.41) is 0. The Balaban J connectivity index is 1.34. The monoisotopic (exact) mass is 472 g/mol. The molecular weight excluding hydrogens is 448 g/mol. The SMILES string of the molecule is COC(=O)C1C(=O)c2cc(OCc3ccccc3)ccc2OC1C1=COC(Cc2ccccc2)O1. The number of rotatable bonds is 7. The van der Waals surface area contributed by atoms with Gasteiger partial charge in [0.25, 0.3) is 0 Å². The van der Waals surface area contributed by atoms with Gasteiger partial charge in [0.1, 0.15) is 24.4 Å². The molecule has 3 atom stereocenters. The molecule has 3 aromatic carbocycles. The van der Waals surface area contributed by atoms with Gasteiger partial charge in [0.15, 0.2) is 23.6 Å². The molecule has 5 rings (SSSR count). The number of methoxy groups -OCH3 is 1. The van der Waals surface area contributed by atoms with Crippen molar-refractivity contribution < 1.29 is 33.3 Å². The van der Waals surface area contributed by atoms with Crippen LogP contribution in [-0.4, -0.2) is 31.3 Å². The van der Waals surface area contributed by atoms with E-state index in [2.05, 4.69) is 0 Å². The molecule has 7 heteroatoms. The molecule has 3 aromatic rings. The predicted octanol–water partition coefficient (Wildman–Crippen LogP) is 4.46. The predicted molar refractivity (Wildman–Crippen MR) is 126 cm³/mol. The molecule has 0 aliphatic carbocycles. The van der Waals surface area contributed by atoms with E-state index in [1.165, 1.54) is 13.4 Å². The van der Waals surface area contributed by atoms with E-state index in [0.717, 1.165) is 11.1 Å². The fourth-order valence-corrected chi connectivity index (χ4v) is 4.11. The molecule has 2 aliphatic heterocycles. The Morgan fingerprint density at radius 3 is 2.34 bits per heavy atom. The molecule has 0 aromatic heterocycles. The normalized spacial score (nSPS) is 20.5. The number of ketones is 1. The van der Waals surface area contributed by atoms with Crippen LogP contribution in [0.1, 0.15) is 21.5 Å². The number of fused-ring (bicyclic) bond motifs is 1. The quantitative estimate of drug-likeness (QED) is 0.371. The molecule has 0 spiro atoms. The van der Waals surface area contributed by atoms with Crippen LogP contribution in [0, 0.1) is 5.92 Å². The summed E-state index contributed by atoms with van der Waals surface area (Å²) in [4.78, 5) is 26.1. The van der Waals surface area contributed by atoms with Gasteiger partial charge >= 0.3 is 5.97 Å². The van der Waals surface area contributed by atoms with Crippen LogP contribution in [-0.2, 0) is 32.0 Å². The standard InChI is InChI=1S/C28H24O7/c1-31-28(30)25-26(29)21-15-20(32-16-19-10-6-3-7-11-19)12-13-22(21)35-27(25)23-17-33-24(34-23)14-18-8-4-2-5-9-18/h2-13,15,17,24-25,27H,14,16H2,1H3. The first kappa shape index (κ1) is 22.5. The molecule has 0 fully saturated rings. The highest BCUT2D eigenvalue weighted by Gasteiger charge is 2.47. The zero-order chi connectivity index (χ0) is 24.2. The third kappa shape index (κ3) is 4.84. The zero-order valence-electron chi connectivity index (χ0n) is 19.1. The summed E-state index contributed by atoms with van der Waals surface area (Å²) in [6.07, 6.45) is 0.325. The smallest absolute Gasteiger partial charge is 0.320 e. The van der Waals surface area contributed by atoms with Crippen molar-refractivity contribution in [1.29, 1.82) is 0 Å². The third-order valence-electron chi connectivity index (χ3n) is 5.89. The first-order chi connectivity index (χ1) is 17.1. The summed E-state index contributed by atoms with van der Waals surface area (Å²) in [5.41, 5.74) is 2.28. The van der Waals surface area contributed by atoms with Crippen LogP contribution in [0.5, 0.6) is 11.5 Å². The molecule has 7 nitrogen and oxygen atoms in total. The Morgan fingerprint density at radius 2 is 1.63 bits per heavy atom. The van der Waals surface area contributed by atoms with Crippen LogP contribution in [0.2, 0.25) is 0 Å². The van der Waals surface area contributed by atoms with Crippen molar-refractivity contribution in [3.05, 3.63) is 108 Å². The maximum Gasteiger partial charge on any atom is 0.320 e. The van der Waals surface area contributed by atoms with E-state index in [1.807, 2.05) is 60.7 Å². The number of ether oxygens (including phenoxy) is 5. The lowest BCUT2D eigenvalue weighted by molar-refractivity contribution is -0.147. The minimum Gasteiger partial charge on any atom is -0.489 e. The Hall–Kier alpha value is -4.26. The first-order valence-corrected chi connectivity index (χ1v) is 11.3. The van der Waals surface area contributed by atoms with E-state index >= 15 is 0 Å². The van der Waals surface area contributed by atoms with Crippen molar-refractivity contribution in [1.82, 2.24) is 0 Å². The Kier molecular flexibility index (Phi) is 6.39. The fraction of sp³-hybridized carbons (Fsp3) is 0.214. The molecule has 0 N–H and O–H groups in total. The van der Waals surface area contributed by atoms with Gasteiger partial charge in [-0.25, -0.2) is 0 Å². The zero-order valence-corrected chi connectivity index (χ0v) is 19.1. The largest absolute Gasteiger partial charge is 0.489 e. The van der Waals surface area contributed by atoms with Crippen molar-refractivity contribution in [2.75, 3.05) is 7.11 Å². The van der Waals surface area contributed by atoms with Crippen LogP contribution in [0.3, 0.4) is 0 Å². The summed E-state index contributed by atoms with van der Waals surface area (Å²) in [5.74, 6) is -1.27. The van der Waals surface area contributed by atoms with Crippen molar-refractivity contribution in [2.45, 2.75) is 25.4 Å². The van der Waals surface area contributed by atoms with Gasteiger partial charge in [0.05, 0.1) is 12.7 Å². The van der Waals surface area contributed by atoms with Gasteiger partial charge in [-0.1, -0.05) is 60.7 Å². The van der Waals surface area contributed by atoms with Crippen LogP contribution in [0.25, 0.3) is 0 Å². The Bertz CT molecular complexity index is 1240. The van der Waals surface area contributed by atoms with Gasteiger partial charge in [-0.2, -0.15) is 0 Å². The summed E-state index contributed by atoms with van der Waals surface area (Å²) in [7, 11) is 1.24. The molecule has 2 heterocycles. The van der Waals surface area contributed by atoms with E-state index < -0.39 is 30.1 Å². The lowest BCUT2D eigenvalue weighted by Gasteiger charge is -2.31. The molecule has 0 radical (unpaired) electrons. The Labute approximate surface area is 202 Å². The molecule has 0 saturated heterocycles. The summed E-state index contributed by atoms with van der Waals surface area (Å²) in [6, 6.07) is 24.4. The number of benzene rings is 3. The second kappa shape index (κ2) is 9.93. The van der Waals surface area contributed by atoms with Gasteiger partial charge in [-0.15, -0.1) is 0 Å². The molecule has 178 valence electrons. The van der Waals surface area contributed by atoms with E-state index in [0.29, 0.717) is 24.5 Å². The van der Waals surface area contributed by atoms with Gasteiger partial charge in [0.2, 0.25) is 6.29 Å². The van der Waals surface area contributed by atoms with Gasteiger partial charge in [-0.3, -0.25) is 9.59 Å². The number of carbonyl (C=O) groups is 2. The van der Waals surface area contributed by atoms with E-state index in [-0.39, 0.29) is 11.3 Å². The molecule has 3 unspecified atom stereocenters. The third-order valence-corrected chi connectivity index (χ3v) is 5.89. The average molecular weight is 472 g/mol. The summed E-state index contributed by atoms with van der Waals surface area (Å²) >= 11 is 0. The lowest BCUT2D eigenvalue weighted by Crippen LogP contribution is -2.44. The maximum atomic E-state index is 13.4. The molecule has 2 aliphatic rings. The van der Waals surface area contributed by atoms with Crippen LogP contribution in [0.15, 0.2) is 90.9 Å². The Morgan fingerprint density at radius 1 is 0.914 bits per heavy atom. The highest BCUT2D eigenvalue weighted by atomic mass is 16.7. The van der Waals surface area contributed by atoms with Crippen molar-refractivity contribution in [2.24, 2.45) is 5.92 Å². The fourth-order valence-electron chi connectivity index (χ4n) is 4.11. The van der Waals surface area contributed by atoms with Crippen molar-refractivity contribution >= 4 is 11.8 Å². The highest BCUT2D eigenvalue weighted by molar-refractivity contribution is 6.12. The van der Waals surface area contributed by atoms with Gasteiger partial charge in [0, 0.05) is 6.42 Å². The number of carbonyl (C=O) groups excluding carboxylic acids is 2. The average Bonchev–Trinajstić information content (AvgIpc) is 3.36. The second-order valence-electron chi connectivity index (χ2n) is 8.23. The van der Waals surface area contributed by atoms with E-state index in [9.17, 15) is 9.59 Å². The van der Waals surface area contributed by atoms with E-state index in [4.69, 9.17) is 23.7 Å². The number of hydrogen-bond acceptors (Lipinski definition) is 7. The topological polar surface area (TPSA) is 80.3 Å². The van der Waals surface area contributed by atoms with Gasteiger partial charge in [-0.05, 0) is 29.3 Å². The second-order valence-corrected chi connectivity index (χ2v) is 8.23. The van der Waals surface area contributed by atoms with Crippen molar-refractivity contribution in [3.63, 3.8) is 0 Å².